The molecular formula is C79H81F36N5O11. The van der Waals surface area contributed by atoms with Crippen molar-refractivity contribution in [3.8, 4) is 0 Å². The predicted molar refractivity (Wildman–Crippen MR) is 396 cm³/mol. The number of benzene rings is 6. The second-order valence-electron chi connectivity index (χ2n) is 31.1. The first-order valence-corrected chi connectivity index (χ1v) is 35.9. The summed E-state index contributed by atoms with van der Waals surface area (Å²) in [6, 6.07) is 6.69. The maximum Gasteiger partial charge on any atom is 0.418 e. The summed E-state index contributed by atoms with van der Waals surface area (Å²) >= 11 is 0. The summed E-state index contributed by atoms with van der Waals surface area (Å²) in [5.74, 6) is -5.83. The summed E-state index contributed by atoms with van der Waals surface area (Å²) in [6.07, 6.45) is -59.3. The Kier molecular flexibility index (Phi) is 40.6. The number of aryl methyl sites for hydroxylation is 1. The van der Waals surface area contributed by atoms with Crippen molar-refractivity contribution >= 4 is 58.5 Å². The molecule has 0 bridgehead atoms. The van der Waals surface area contributed by atoms with Gasteiger partial charge in [0.25, 0.3) is 0 Å². The van der Waals surface area contributed by atoms with Crippen molar-refractivity contribution in [3.05, 3.63) is 187 Å². The van der Waals surface area contributed by atoms with E-state index >= 15 is 0 Å². The third-order valence-electron chi connectivity index (χ3n) is 14.6. The van der Waals surface area contributed by atoms with E-state index in [9.17, 15) is 187 Å². The molecule has 0 fully saturated rings. The molecule has 0 aromatic heterocycles. The molecule has 6 rings (SSSR count). The summed E-state index contributed by atoms with van der Waals surface area (Å²) in [7, 11) is 3.46. The van der Waals surface area contributed by atoms with E-state index in [2.05, 4.69) is 0 Å². The van der Waals surface area contributed by atoms with Crippen molar-refractivity contribution < 1.29 is 211 Å². The van der Waals surface area contributed by atoms with Gasteiger partial charge in [-0.25, -0.2) is 9.59 Å². The Balaban J connectivity index is 0.00000152. The zero-order valence-corrected chi connectivity index (χ0v) is 70.6. The fourth-order valence-corrected chi connectivity index (χ4v) is 9.26. The highest BCUT2D eigenvalue weighted by Crippen LogP contribution is 2.45. The number of nitrogen functional groups attached to an aromatic ring is 1. The van der Waals surface area contributed by atoms with Crippen LogP contribution in [0.5, 0.6) is 0 Å². The largest absolute Gasteiger partial charge is 0.480 e. The van der Waals surface area contributed by atoms with Gasteiger partial charge < -0.3 is 50.2 Å². The van der Waals surface area contributed by atoms with E-state index < -0.39 is 248 Å². The maximum atomic E-state index is 12.8. The van der Waals surface area contributed by atoms with Crippen molar-refractivity contribution in [3.63, 3.8) is 0 Å². The van der Waals surface area contributed by atoms with Crippen LogP contribution >= 0.6 is 0 Å². The minimum atomic E-state index is -4.96. The number of carboxylic acid groups (broad SMARTS) is 1. The van der Waals surface area contributed by atoms with Gasteiger partial charge in [0.2, 0.25) is 5.91 Å². The van der Waals surface area contributed by atoms with Crippen LogP contribution in [0.4, 0.5) is 181 Å². The van der Waals surface area contributed by atoms with E-state index in [1.807, 2.05) is 0 Å². The third-order valence-corrected chi connectivity index (χ3v) is 14.6. The Labute approximate surface area is 721 Å². The lowest BCUT2D eigenvalue weighted by atomic mass is 10.0. The van der Waals surface area contributed by atoms with E-state index in [1.165, 1.54) is 41.8 Å². The summed E-state index contributed by atoms with van der Waals surface area (Å²) in [5.41, 5.74) is -12.5. The highest BCUT2D eigenvalue weighted by Gasteiger charge is 2.44. The summed E-state index contributed by atoms with van der Waals surface area (Å²) in [4.78, 5) is 69.4. The molecule has 6 aromatic carbocycles. The molecule has 1 amide bonds. The summed E-state index contributed by atoms with van der Waals surface area (Å²) in [6.45, 7) is 19.3. The summed E-state index contributed by atoms with van der Waals surface area (Å²) in [5, 5.41) is 8.52. The molecule has 6 aromatic rings. The fourth-order valence-electron chi connectivity index (χ4n) is 9.26. The van der Waals surface area contributed by atoms with Gasteiger partial charge in [0.1, 0.15) is 35.5 Å². The van der Waals surface area contributed by atoms with E-state index in [-0.39, 0.29) is 54.1 Å². The van der Waals surface area contributed by atoms with Crippen LogP contribution in [0, 0.1) is 0 Å². The Morgan fingerprint density at radius 2 is 0.458 bits per heavy atom. The molecule has 5 N–H and O–H groups in total. The molecule has 0 aliphatic rings. The average molecular weight is 1960 g/mol. The molecule has 0 heterocycles. The number of nitrogens with zero attached hydrogens (tertiary/aromatic N) is 3. The zero-order chi connectivity index (χ0) is 104. The number of carbonyl (C=O) groups excluding carboxylic acids is 5. The van der Waals surface area contributed by atoms with Gasteiger partial charge >= 0.3 is 104 Å². The highest BCUT2D eigenvalue weighted by atomic mass is 19.5. The number of esters is 4. The molecule has 0 atom stereocenters. The fraction of sp³-hybridized carbons (Fsp3) is 0.468. The smallest absolute Gasteiger partial charge is 0.418 e. The van der Waals surface area contributed by atoms with Crippen molar-refractivity contribution in [2.75, 3.05) is 61.2 Å². The molecule has 52 heteroatoms. The number of halogens is 36. The predicted octanol–water partition coefficient (Wildman–Crippen LogP) is 24.3. The Morgan fingerprint density at radius 1 is 0.275 bits per heavy atom. The van der Waals surface area contributed by atoms with Gasteiger partial charge in [0.15, 0.2) is 0 Å². The Bertz CT molecular complexity index is 4500. The molecule has 740 valence electrons. The van der Waals surface area contributed by atoms with Gasteiger partial charge in [-0.3, -0.25) is 19.2 Å². The number of amides is 1. The quantitative estimate of drug-likeness (QED) is 0.0341. The van der Waals surface area contributed by atoms with Crippen LogP contribution in [-0.4, -0.2) is 104 Å². The van der Waals surface area contributed by atoms with E-state index in [0.29, 0.717) is 60.7 Å². The van der Waals surface area contributed by atoms with E-state index in [1.54, 1.807) is 62.3 Å². The lowest BCUT2D eigenvalue weighted by Gasteiger charge is -2.24. The molecule has 0 aliphatic heterocycles. The van der Waals surface area contributed by atoms with Crippen LogP contribution in [0.3, 0.4) is 0 Å². The number of ether oxygens (including phenoxy) is 4. The van der Waals surface area contributed by atoms with Gasteiger partial charge in [-0.1, -0.05) is 6.92 Å². The highest BCUT2D eigenvalue weighted by molar-refractivity contribution is 6.29. The maximum absolute atomic E-state index is 12.8. The van der Waals surface area contributed by atoms with Crippen LogP contribution in [0.15, 0.2) is 109 Å². The molecule has 131 heavy (non-hydrogen) atoms. The SMILES string of the molecule is CC(C)(C)OC(=O)C(=O)OC(C)(C)C.CC(C)(C)OC(=O)Cc1cc(C(F)(F)F)cc(C(F)(F)F)c1.CCc1cc(C(F)(F)F)cc(C(F)(F)F)c1.CN(CC(=O)O)c1cc(C(F)(F)F)cc(C(F)(F)F)c1.CN(CC(=O)OC(C)(C)C)c1cc(C(F)(F)F)cc(C(F)(F)F)c1.CN(CC(N)=O)c1cc(C(F)(F)F)cc(C(F)(F)F)c1.Nc1cc(C(F)(F)F)cc(C(F)(F)F)c1. The topological polar surface area (TPSA) is 221 Å². The standard InChI is InChI=1S/C15H17F6NO2.C14H14F6O2.C11H10F6N2O.C11H9F6NO2.C10H8F6.C10H18O4.C8H5F6N/c1-13(2,3)24-12(23)8-22(4)11-6-9(14(16,17)18)5-10(7-11)15(19,20)21;1-12(2,3)22-11(21)6-8-4-9(13(15,16)17)7-10(5-8)14(18,19)20;1-19(5-9(18)20)8-3-6(10(12,13)14)2-7(4-8)11(15,16)17;1-18(5-9(19)20)8-3-6(10(12,13)14)2-7(4-8)11(15,16)17;1-2-6-3-7(9(11,12)13)5-8(4-6)10(14,15)16;1-9(2,3)13-7(11)8(12)14-10(4,5)6;9-7(10,11)4-1-5(8(12,13)14)3-6(15)2-4/h5-7H,8H2,1-4H3;4-5,7H,6H2,1-3H3;2-4H,5H2,1H3,(H2,18,20);2-4H,5H2,1H3,(H,19,20);3-5H,2H2,1H3;1-6H3;1-3H,15H2. The second kappa shape index (κ2) is 44.4. The first kappa shape index (κ1) is 120. The van der Waals surface area contributed by atoms with Crippen LogP contribution in [0.25, 0.3) is 0 Å². The number of aliphatic carboxylic acids is 1. The first-order chi connectivity index (χ1) is 57.9. The molecule has 0 aliphatic carbocycles. The minimum absolute atomic E-state index is 0.0125. The van der Waals surface area contributed by atoms with E-state index in [4.69, 9.17) is 35.5 Å². The molecule has 0 radical (unpaired) electrons. The number of anilines is 4. The monoisotopic (exact) mass is 1960 g/mol. The van der Waals surface area contributed by atoms with Crippen molar-refractivity contribution in [2.45, 2.75) is 199 Å². The van der Waals surface area contributed by atoms with Crippen LogP contribution in [0.1, 0.15) is 168 Å². The molecule has 0 saturated heterocycles. The van der Waals surface area contributed by atoms with E-state index in [0.717, 1.165) is 33.9 Å². The number of primary amides is 1. The number of hydrogen-bond donors (Lipinski definition) is 3. The number of carbonyl (C=O) groups is 6. The third kappa shape index (κ3) is 46.5. The lowest BCUT2D eigenvalue weighted by Crippen LogP contribution is -2.34. The molecule has 0 unspecified atom stereocenters. The van der Waals surface area contributed by atoms with Crippen molar-refractivity contribution in [1.29, 1.82) is 0 Å². The minimum Gasteiger partial charge on any atom is -0.480 e. The molecule has 16 nitrogen and oxygen atoms in total. The number of hydrogen-bond acceptors (Lipinski definition) is 14. The molecule has 0 spiro atoms. The zero-order valence-electron chi connectivity index (χ0n) is 70.6. The number of likely N-dealkylation sites (N-methyl/N-ethyl adjacent to an activating group) is 3. The van der Waals surface area contributed by atoms with Gasteiger partial charge in [-0.2, -0.15) is 158 Å². The molecule has 0 saturated carbocycles. The molecular weight excluding hydrogens is 1880 g/mol. The van der Waals surface area contributed by atoms with Crippen molar-refractivity contribution in [1.82, 2.24) is 0 Å². The van der Waals surface area contributed by atoms with Crippen molar-refractivity contribution in [2.24, 2.45) is 5.73 Å². The summed E-state index contributed by atoms with van der Waals surface area (Å²) < 4.78 is 470. The van der Waals surface area contributed by atoms with Gasteiger partial charge in [-0.05, 0) is 210 Å². The first-order valence-electron chi connectivity index (χ1n) is 35.9. The lowest BCUT2D eigenvalue weighted by molar-refractivity contribution is -0.180. The number of alkyl halides is 36. The second-order valence-corrected chi connectivity index (χ2v) is 31.1. The average Bonchev–Trinajstić information content (AvgIpc) is 0.814. The normalized spacial score (nSPS) is 12.7. The van der Waals surface area contributed by atoms with Crippen LogP contribution in [-0.2, 0) is 135 Å². The van der Waals surface area contributed by atoms with Crippen LogP contribution < -0.4 is 26.2 Å². The number of carboxylic acids is 1. The number of rotatable bonds is 12. The number of nitrogens with two attached hydrogens (primary N) is 2. The van der Waals surface area contributed by atoms with Gasteiger partial charge in [0, 0.05) is 43.9 Å². The van der Waals surface area contributed by atoms with Crippen LogP contribution in [0.2, 0.25) is 0 Å². The Morgan fingerprint density at radius 3 is 0.649 bits per heavy atom. The Hall–Kier alpha value is -11.2. The van der Waals surface area contributed by atoms with Gasteiger partial charge in [-0.15, -0.1) is 0 Å². The van der Waals surface area contributed by atoms with Gasteiger partial charge in [0.05, 0.1) is 79.7 Å².